The molecule has 5 heteroatoms. The van der Waals surface area contributed by atoms with Crippen molar-refractivity contribution in [2.45, 2.75) is 19.4 Å². The van der Waals surface area contributed by atoms with E-state index >= 15 is 0 Å². The first kappa shape index (κ1) is 10.3. The molecule has 0 saturated carbocycles. The van der Waals surface area contributed by atoms with Gasteiger partial charge in [0.1, 0.15) is 0 Å². The highest BCUT2D eigenvalue weighted by Gasteiger charge is 2.15. The molecule has 0 fully saturated rings. The van der Waals surface area contributed by atoms with Crippen LogP contribution in [0, 0.1) is 0 Å². The highest BCUT2D eigenvalue weighted by atomic mass is 16.1. The zero-order chi connectivity index (χ0) is 10.8. The number of nitrogens with zero attached hydrogens (tertiary/aromatic N) is 2. The fourth-order valence-electron chi connectivity index (χ4n) is 1.99. The summed E-state index contributed by atoms with van der Waals surface area (Å²) in [6, 6.07) is 0. The smallest absolute Gasteiger partial charge is 0.325 e. The number of nitrogens with one attached hydrogen (secondary N) is 1. The van der Waals surface area contributed by atoms with Crippen LogP contribution in [0.2, 0.25) is 0 Å². The standard InChI is InChI=1S/C10H16N4O/c1-14-4-2-7-8(3-5-14)12-10(15)13-9(7)6-11/h2-6,11H2,1H3,(H,12,13,15). The van der Waals surface area contributed by atoms with Crippen molar-refractivity contribution in [1.29, 1.82) is 0 Å². The maximum atomic E-state index is 11.3. The van der Waals surface area contributed by atoms with Gasteiger partial charge in [0, 0.05) is 31.7 Å². The average Bonchev–Trinajstić information content (AvgIpc) is 2.40. The molecule has 0 saturated heterocycles. The van der Waals surface area contributed by atoms with E-state index < -0.39 is 0 Å². The SMILES string of the molecule is CN1CCc2[nH]c(=O)nc(CN)c2CC1. The van der Waals surface area contributed by atoms with Crippen LogP contribution in [0.15, 0.2) is 4.79 Å². The minimum atomic E-state index is -0.279. The van der Waals surface area contributed by atoms with Crippen LogP contribution in [0.5, 0.6) is 0 Å². The van der Waals surface area contributed by atoms with Crippen LogP contribution in [-0.2, 0) is 19.4 Å². The molecule has 0 atom stereocenters. The summed E-state index contributed by atoms with van der Waals surface area (Å²) in [6.07, 6.45) is 1.79. The van der Waals surface area contributed by atoms with Crippen LogP contribution in [0.3, 0.4) is 0 Å². The maximum absolute atomic E-state index is 11.3. The third kappa shape index (κ3) is 2.08. The lowest BCUT2D eigenvalue weighted by molar-refractivity contribution is 0.351. The third-order valence-corrected chi connectivity index (χ3v) is 2.89. The van der Waals surface area contributed by atoms with Crippen molar-refractivity contribution in [2.75, 3.05) is 20.1 Å². The van der Waals surface area contributed by atoms with Gasteiger partial charge >= 0.3 is 5.69 Å². The van der Waals surface area contributed by atoms with Crippen molar-refractivity contribution in [3.8, 4) is 0 Å². The molecule has 5 nitrogen and oxygen atoms in total. The van der Waals surface area contributed by atoms with E-state index in [1.54, 1.807) is 0 Å². The number of fused-ring (bicyclic) bond motifs is 1. The van der Waals surface area contributed by atoms with Crippen LogP contribution < -0.4 is 11.4 Å². The molecule has 1 aliphatic heterocycles. The number of aromatic nitrogens is 2. The Hall–Kier alpha value is -1.20. The largest absolute Gasteiger partial charge is 0.345 e. The number of aromatic amines is 1. The molecule has 0 spiro atoms. The van der Waals surface area contributed by atoms with E-state index in [0.29, 0.717) is 6.54 Å². The Morgan fingerprint density at radius 3 is 2.93 bits per heavy atom. The first-order valence-electron chi connectivity index (χ1n) is 5.20. The van der Waals surface area contributed by atoms with Gasteiger partial charge in [-0.3, -0.25) is 0 Å². The minimum absolute atomic E-state index is 0.279. The molecular weight excluding hydrogens is 192 g/mol. The van der Waals surface area contributed by atoms with Crippen molar-refractivity contribution in [1.82, 2.24) is 14.9 Å². The molecule has 15 heavy (non-hydrogen) atoms. The molecule has 3 N–H and O–H groups in total. The van der Waals surface area contributed by atoms with E-state index in [2.05, 4.69) is 21.9 Å². The Labute approximate surface area is 88.3 Å². The van der Waals surface area contributed by atoms with E-state index in [9.17, 15) is 4.79 Å². The van der Waals surface area contributed by atoms with Gasteiger partial charge in [0.2, 0.25) is 0 Å². The van der Waals surface area contributed by atoms with E-state index in [4.69, 9.17) is 5.73 Å². The second-order valence-electron chi connectivity index (χ2n) is 3.95. The summed E-state index contributed by atoms with van der Waals surface area (Å²) in [5, 5.41) is 0. The summed E-state index contributed by atoms with van der Waals surface area (Å²) in [6.45, 7) is 2.31. The van der Waals surface area contributed by atoms with E-state index in [1.807, 2.05) is 0 Å². The zero-order valence-electron chi connectivity index (χ0n) is 8.92. The molecule has 0 radical (unpaired) electrons. The topological polar surface area (TPSA) is 75.0 Å². The fourth-order valence-corrected chi connectivity index (χ4v) is 1.99. The van der Waals surface area contributed by atoms with Crippen molar-refractivity contribution in [3.05, 3.63) is 27.4 Å². The predicted octanol–water partition coefficient (Wildman–Crippen LogP) is -0.741. The third-order valence-electron chi connectivity index (χ3n) is 2.89. The van der Waals surface area contributed by atoms with Gasteiger partial charge in [0.25, 0.3) is 0 Å². The summed E-state index contributed by atoms with van der Waals surface area (Å²) < 4.78 is 0. The molecule has 2 rings (SSSR count). The normalized spacial score (nSPS) is 17.2. The average molecular weight is 208 g/mol. The Balaban J connectivity index is 2.46. The van der Waals surface area contributed by atoms with E-state index in [0.717, 1.165) is 42.9 Å². The van der Waals surface area contributed by atoms with Crippen molar-refractivity contribution in [2.24, 2.45) is 5.73 Å². The molecule has 1 aromatic rings. The van der Waals surface area contributed by atoms with Crippen LogP contribution in [0.4, 0.5) is 0 Å². The molecule has 2 heterocycles. The van der Waals surface area contributed by atoms with E-state index in [-0.39, 0.29) is 5.69 Å². The van der Waals surface area contributed by atoms with Gasteiger partial charge in [-0.2, -0.15) is 4.98 Å². The van der Waals surface area contributed by atoms with Gasteiger partial charge in [0.15, 0.2) is 0 Å². The molecule has 82 valence electrons. The second kappa shape index (κ2) is 4.12. The van der Waals surface area contributed by atoms with Crippen molar-refractivity contribution >= 4 is 0 Å². The van der Waals surface area contributed by atoms with Crippen LogP contribution in [-0.4, -0.2) is 35.0 Å². The quantitative estimate of drug-likeness (QED) is 0.637. The lowest BCUT2D eigenvalue weighted by Gasteiger charge is -2.10. The Morgan fingerprint density at radius 2 is 2.20 bits per heavy atom. The minimum Gasteiger partial charge on any atom is -0.325 e. The van der Waals surface area contributed by atoms with Gasteiger partial charge in [-0.25, -0.2) is 4.79 Å². The first-order valence-corrected chi connectivity index (χ1v) is 5.20. The highest BCUT2D eigenvalue weighted by molar-refractivity contribution is 5.26. The number of nitrogens with two attached hydrogens (primary N) is 1. The lowest BCUT2D eigenvalue weighted by Crippen LogP contribution is -2.21. The number of rotatable bonds is 1. The molecule has 0 aliphatic carbocycles. The van der Waals surface area contributed by atoms with E-state index in [1.165, 1.54) is 0 Å². The molecule has 0 aromatic carbocycles. The summed E-state index contributed by atoms with van der Waals surface area (Å²) in [7, 11) is 2.08. The molecule has 0 amide bonds. The predicted molar refractivity (Wildman–Crippen MR) is 57.7 cm³/mol. The van der Waals surface area contributed by atoms with Crippen LogP contribution >= 0.6 is 0 Å². The second-order valence-corrected chi connectivity index (χ2v) is 3.95. The van der Waals surface area contributed by atoms with Gasteiger partial charge < -0.3 is 15.6 Å². The van der Waals surface area contributed by atoms with Gasteiger partial charge in [-0.1, -0.05) is 0 Å². The fraction of sp³-hybridized carbons (Fsp3) is 0.600. The summed E-state index contributed by atoms with van der Waals surface area (Å²) in [5.41, 5.74) is 8.23. The summed E-state index contributed by atoms with van der Waals surface area (Å²) >= 11 is 0. The first-order chi connectivity index (χ1) is 7.20. The summed E-state index contributed by atoms with van der Waals surface area (Å²) in [4.78, 5) is 20.3. The van der Waals surface area contributed by atoms with Crippen LogP contribution in [0.25, 0.3) is 0 Å². The Kier molecular flexibility index (Phi) is 2.83. The number of likely N-dealkylation sites (N-methyl/N-ethyl adjacent to an activating group) is 1. The maximum Gasteiger partial charge on any atom is 0.345 e. The number of H-pyrrole nitrogens is 1. The van der Waals surface area contributed by atoms with Crippen molar-refractivity contribution in [3.63, 3.8) is 0 Å². The monoisotopic (exact) mass is 208 g/mol. The Morgan fingerprint density at radius 1 is 1.47 bits per heavy atom. The number of hydrogen-bond acceptors (Lipinski definition) is 4. The highest BCUT2D eigenvalue weighted by Crippen LogP contribution is 2.14. The lowest BCUT2D eigenvalue weighted by atomic mass is 10.1. The van der Waals surface area contributed by atoms with Crippen molar-refractivity contribution < 1.29 is 0 Å². The van der Waals surface area contributed by atoms with Gasteiger partial charge in [0.05, 0.1) is 5.69 Å². The molecule has 1 aliphatic rings. The van der Waals surface area contributed by atoms with Gasteiger partial charge in [-0.05, 0) is 19.0 Å². The van der Waals surface area contributed by atoms with Gasteiger partial charge in [-0.15, -0.1) is 0 Å². The molecule has 1 aromatic heterocycles. The zero-order valence-corrected chi connectivity index (χ0v) is 8.92. The Bertz CT molecular complexity index is 412. The van der Waals surface area contributed by atoms with Crippen LogP contribution in [0.1, 0.15) is 17.0 Å². The summed E-state index contributed by atoms with van der Waals surface area (Å²) in [5.74, 6) is 0. The molecule has 0 unspecified atom stereocenters. The molecular formula is C10H16N4O. The molecule has 0 bridgehead atoms. The number of hydrogen-bond donors (Lipinski definition) is 2.